The first kappa shape index (κ1) is 18.8. The highest BCUT2D eigenvalue weighted by Gasteiger charge is 2.15. The molecule has 0 unspecified atom stereocenters. The van der Waals surface area contributed by atoms with Gasteiger partial charge in [-0.15, -0.1) is 0 Å². The number of hydrogen-bond acceptors (Lipinski definition) is 4. The lowest BCUT2D eigenvalue weighted by Crippen LogP contribution is -2.25. The molecule has 132 valence electrons. The number of carbonyl (C=O) groups is 1. The van der Waals surface area contributed by atoms with Crippen LogP contribution in [-0.2, 0) is 6.54 Å². The SMILES string of the molecule is CC(C)c1cc(CN(C)C(=O)c2ccc(C#CC(C)(C)O)cc2)on1. The van der Waals surface area contributed by atoms with Crippen LogP contribution in [-0.4, -0.2) is 33.7 Å². The summed E-state index contributed by atoms with van der Waals surface area (Å²) >= 11 is 0. The molecule has 0 saturated heterocycles. The Hall–Kier alpha value is -2.58. The van der Waals surface area contributed by atoms with Gasteiger partial charge in [0.15, 0.2) is 5.76 Å². The van der Waals surface area contributed by atoms with Crippen molar-refractivity contribution in [2.24, 2.45) is 0 Å². The molecule has 0 radical (unpaired) electrons. The highest BCUT2D eigenvalue weighted by atomic mass is 16.5. The minimum absolute atomic E-state index is 0.107. The van der Waals surface area contributed by atoms with E-state index in [-0.39, 0.29) is 11.8 Å². The van der Waals surface area contributed by atoms with Crippen LogP contribution in [0.3, 0.4) is 0 Å². The molecule has 1 amide bonds. The fourth-order valence-corrected chi connectivity index (χ4v) is 2.12. The summed E-state index contributed by atoms with van der Waals surface area (Å²) in [6, 6.07) is 8.88. The number of aliphatic hydroxyl groups is 1. The zero-order valence-corrected chi connectivity index (χ0v) is 15.3. The van der Waals surface area contributed by atoms with Gasteiger partial charge in [-0.1, -0.05) is 30.8 Å². The van der Waals surface area contributed by atoms with Gasteiger partial charge < -0.3 is 14.5 Å². The molecule has 1 N–H and O–H groups in total. The largest absolute Gasteiger partial charge is 0.378 e. The van der Waals surface area contributed by atoms with Crippen LogP contribution in [0.1, 0.15) is 61.0 Å². The number of amides is 1. The van der Waals surface area contributed by atoms with Crippen molar-refractivity contribution >= 4 is 5.91 Å². The van der Waals surface area contributed by atoms with E-state index in [0.29, 0.717) is 17.9 Å². The van der Waals surface area contributed by atoms with Gasteiger partial charge in [-0.25, -0.2) is 0 Å². The van der Waals surface area contributed by atoms with Crippen LogP contribution < -0.4 is 0 Å². The molecule has 1 aromatic carbocycles. The quantitative estimate of drug-likeness (QED) is 0.868. The first-order chi connectivity index (χ1) is 11.7. The number of carbonyl (C=O) groups excluding carboxylic acids is 1. The summed E-state index contributed by atoms with van der Waals surface area (Å²) < 4.78 is 5.28. The van der Waals surface area contributed by atoms with Crippen LogP contribution in [0, 0.1) is 11.8 Å². The fourth-order valence-electron chi connectivity index (χ4n) is 2.12. The first-order valence-electron chi connectivity index (χ1n) is 8.22. The van der Waals surface area contributed by atoms with Crippen molar-refractivity contribution in [1.29, 1.82) is 0 Å². The van der Waals surface area contributed by atoms with Crippen molar-refractivity contribution in [2.75, 3.05) is 7.05 Å². The number of hydrogen-bond donors (Lipinski definition) is 1. The van der Waals surface area contributed by atoms with Crippen LogP contribution in [0.5, 0.6) is 0 Å². The molecular weight excluding hydrogens is 316 g/mol. The molecule has 0 aliphatic rings. The molecule has 0 spiro atoms. The van der Waals surface area contributed by atoms with E-state index in [4.69, 9.17) is 4.52 Å². The summed E-state index contributed by atoms with van der Waals surface area (Å²) in [4.78, 5) is 14.1. The Bertz CT molecular complexity index is 787. The first-order valence-corrected chi connectivity index (χ1v) is 8.22. The third-order valence-corrected chi connectivity index (χ3v) is 3.55. The van der Waals surface area contributed by atoms with E-state index in [1.165, 1.54) is 0 Å². The van der Waals surface area contributed by atoms with Crippen molar-refractivity contribution < 1.29 is 14.4 Å². The monoisotopic (exact) mass is 340 g/mol. The van der Waals surface area contributed by atoms with Crippen LogP contribution in [0.2, 0.25) is 0 Å². The lowest BCUT2D eigenvalue weighted by molar-refractivity contribution is 0.0772. The Morgan fingerprint density at radius 3 is 2.48 bits per heavy atom. The summed E-state index contributed by atoms with van der Waals surface area (Å²) in [6.45, 7) is 7.69. The van der Waals surface area contributed by atoms with Crippen LogP contribution in [0.15, 0.2) is 34.9 Å². The lowest BCUT2D eigenvalue weighted by atomic mass is 10.1. The molecule has 0 saturated carbocycles. The third-order valence-electron chi connectivity index (χ3n) is 3.55. The smallest absolute Gasteiger partial charge is 0.254 e. The van der Waals surface area contributed by atoms with Crippen LogP contribution in [0.4, 0.5) is 0 Å². The van der Waals surface area contributed by atoms with Gasteiger partial charge in [0.2, 0.25) is 0 Å². The lowest BCUT2D eigenvalue weighted by Gasteiger charge is -2.15. The number of rotatable bonds is 4. The van der Waals surface area contributed by atoms with Crippen molar-refractivity contribution in [2.45, 2.75) is 45.8 Å². The highest BCUT2D eigenvalue weighted by molar-refractivity contribution is 5.94. The van der Waals surface area contributed by atoms with E-state index in [1.54, 1.807) is 50.1 Å². The molecule has 25 heavy (non-hydrogen) atoms. The Balaban J connectivity index is 2.04. The molecule has 1 aromatic heterocycles. The molecular formula is C20H24N2O3. The normalized spacial score (nSPS) is 11.2. The summed E-state index contributed by atoms with van der Waals surface area (Å²) in [6.07, 6.45) is 0. The number of aromatic nitrogens is 1. The molecule has 0 aliphatic heterocycles. The van der Waals surface area contributed by atoms with E-state index >= 15 is 0 Å². The number of benzene rings is 1. The molecule has 0 bridgehead atoms. The molecule has 0 aliphatic carbocycles. The van der Waals surface area contributed by atoms with Gasteiger partial charge in [0.1, 0.15) is 5.60 Å². The second-order valence-electron chi connectivity index (χ2n) is 6.92. The van der Waals surface area contributed by atoms with Crippen LogP contribution >= 0.6 is 0 Å². The second kappa shape index (κ2) is 7.54. The summed E-state index contributed by atoms with van der Waals surface area (Å²) in [5.41, 5.74) is 1.16. The minimum atomic E-state index is -1.04. The summed E-state index contributed by atoms with van der Waals surface area (Å²) in [5.74, 6) is 6.47. The highest BCUT2D eigenvalue weighted by Crippen LogP contribution is 2.16. The number of nitrogens with zero attached hydrogens (tertiary/aromatic N) is 2. The average Bonchev–Trinajstić information content (AvgIpc) is 3.01. The molecule has 5 heteroatoms. The van der Waals surface area contributed by atoms with Gasteiger partial charge in [0, 0.05) is 24.2 Å². The second-order valence-corrected chi connectivity index (χ2v) is 6.92. The summed E-state index contributed by atoms with van der Waals surface area (Å²) in [5, 5.41) is 13.6. The molecule has 2 aromatic rings. The van der Waals surface area contributed by atoms with Gasteiger partial charge in [-0.05, 0) is 44.0 Å². The van der Waals surface area contributed by atoms with Gasteiger partial charge >= 0.3 is 0 Å². The minimum Gasteiger partial charge on any atom is -0.378 e. The third kappa shape index (κ3) is 5.47. The molecule has 5 nitrogen and oxygen atoms in total. The zero-order valence-electron chi connectivity index (χ0n) is 15.3. The predicted molar refractivity (Wildman–Crippen MR) is 96.0 cm³/mol. The van der Waals surface area contributed by atoms with E-state index in [1.807, 2.05) is 19.9 Å². The average molecular weight is 340 g/mol. The molecule has 0 atom stereocenters. The van der Waals surface area contributed by atoms with E-state index in [9.17, 15) is 9.90 Å². The van der Waals surface area contributed by atoms with Gasteiger partial charge in [0.05, 0.1) is 12.2 Å². The fraction of sp³-hybridized carbons (Fsp3) is 0.400. The van der Waals surface area contributed by atoms with Gasteiger partial charge in [-0.2, -0.15) is 0 Å². The van der Waals surface area contributed by atoms with Crippen molar-refractivity contribution in [3.8, 4) is 11.8 Å². The molecule has 2 rings (SSSR count). The Kier molecular flexibility index (Phi) is 5.66. The Morgan fingerprint density at radius 1 is 1.32 bits per heavy atom. The molecule has 1 heterocycles. The Morgan fingerprint density at radius 2 is 1.96 bits per heavy atom. The van der Waals surface area contributed by atoms with Crippen molar-refractivity contribution in [1.82, 2.24) is 10.1 Å². The maximum Gasteiger partial charge on any atom is 0.254 e. The van der Waals surface area contributed by atoms with Crippen molar-refractivity contribution in [3.63, 3.8) is 0 Å². The van der Waals surface area contributed by atoms with E-state index < -0.39 is 5.60 Å². The molecule has 0 fully saturated rings. The van der Waals surface area contributed by atoms with Gasteiger partial charge in [-0.3, -0.25) is 4.79 Å². The predicted octanol–water partition coefficient (Wildman–Crippen LogP) is 3.19. The van der Waals surface area contributed by atoms with E-state index in [2.05, 4.69) is 17.0 Å². The van der Waals surface area contributed by atoms with Crippen molar-refractivity contribution in [3.05, 3.63) is 52.9 Å². The maximum absolute atomic E-state index is 12.5. The summed E-state index contributed by atoms with van der Waals surface area (Å²) in [7, 11) is 1.72. The topological polar surface area (TPSA) is 66.6 Å². The van der Waals surface area contributed by atoms with Gasteiger partial charge in [0.25, 0.3) is 5.91 Å². The van der Waals surface area contributed by atoms with Crippen LogP contribution in [0.25, 0.3) is 0 Å². The zero-order chi connectivity index (χ0) is 18.6. The standard InChI is InChI=1S/C20H24N2O3/c1-14(2)18-12-17(25-21-18)13-22(5)19(23)16-8-6-15(7-9-16)10-11-20(3,4)24/h6-9,12,14,24H,13H2,1-5H3. The Labute approximate surface area is 148 Å². The van der Waals surface area contributed by atoms with E-state index in [0.717, 1.165) is 11.3 Å². The maximum atomic E-state index is 12.5.